The van der Waals surface area contributed by atoms with Crippen LogP contribution in [0.15, 0.2) is 0 Å². The molecular formula is C11H22F3NO. The second-order valence-electron chi connectivity index (χ2n) is 3.85. The van der Waals surface area contributed by atoms with Crippen molar-refractivity contribution >= 4 is 0 Å². The molecular weight excluding hydrogens is 219 g/mol. The Kier molecular flexibility index (Phi) is 8.66. The molecule has 98 valence electrons. The van der Waals surface area contributed by atoms with Gasteiger partial charge < -0.3 is 10.1 Å². The van der Waals surface area contributed by atoms with Gasteiger partial charge in [0.1, 0.15) is 6.61 Å². The van der Waals surface area contributed by atoms with Crippen LogP contribution in [-0.2, 0) is 4.74 Å². The van der Waals surface area contributed by atoms with Gasteiger partial charge in [0.15, 0.2) is 0 Å². The van der Waals surface area contributed by atoms with Crippen LogP contribution < -0.4 is 5.32 Å². The van der Waals surface area contributed by atoms with Gasteiger partial charge in [-0.1, -0.05) is 26.7 Å². The van der Waals surface area contributed by atoms with Gasteiger partial charge in [-0.05, 0) is 19.4 Å². The fourth-order valence-corrected chi connectivity index (χ4v) is 1.50. The Balaban J connectivity index is 3.59. The maximum atomic E-state index is 11.8. The van der Waals surface area contributed by atoms with Crippen LogP contribution in [0.4, 0.5) is 13.2 Å². The highest BCUT2D eigenvalue weighted by atomic mass is 19.4. The number of halogens is 3. The summed E-state index contributed by atoms with van der Waals surface area (Å²) < 4.78 is 40.0. The molecule has 0 fully saturated rings. The molecule has 2 nitrogen and oxygen atoms in total. The molecule has 1 N–H and O–H groups in total. The lowest BCUT2D eigenvalue weighted by atomic mass is 10.1. The zero-order valence-corrected chi connectivity index (χ0v) is 10.1. The molecule has 0 spiro atoms. The van der Waals surface area contributed by atoms with Crippen LogP contribution in [0.5, 0.6) is 0 Å². The van der Waals surface area contributed by atoms with Crippen LogP contribution in [0, 0.1) is 0 Å². The van der Waals surface area contributed by atoms with Crippen LogP contribution in [-0.4, -0.2) is 32.0 Å². The molecule has 0 aromatic rings. The van der Waals surface area contributed by atoms with Gasteiger partial charge in [0.25, 0.3) is 0 Å². The van der Waals surface area contributed by atoms with Gasteiger partial charge >= 0.3 is 6.18 Å². The molecule has 16 heavy (non-hydrogen) atoms. The molecule has 1 atom stereocenters. The standard InChI is InChI=1S/C11H22F3NO/c1-3-5-6-10(15-4-2)7-8-16-9-11(12,13)14/h10,15H,3-9H2,1-2H3. The van der Waals surface area contributed by atoms with Crippen LogP contribution in [0.25, 0.3) is 0 Å². The van der Waals surface area contributed by atoms with Crippen molar-refractivity contribution in [2.75, 3.05) is 19.8 Å². The first-order chi connectivity index (χ1) is 7.49. The lowest BCUT2D eigenvalue weighted by molar-refractivity contribution is -0.174. The summed E-state index contributed by atoms with van der Waals surface area (Å²) in [4.78, 5) is 0. The van der Waals surface area contributed by atoms with E-state index in [-0.39, 0.29) is 12.6 Å². The molecule has 0 bridgehead atoms. The van der Waals surface area contributed by atoms with E-state index in [4.69, 9.17) is 0 Å². The van der Waals surface area contributed by atoms with Gasteiger partial charge in [-0.25, -0.2) is 0 Å². The minimum absolute atomic E-state index is 0.168. The summed E-state index contributed by atoms with van der Waals surface area (Å²) >= 11 is 0. The van der Waals surface area contributed by atoms with Crippen molar-refractivity contribution in [3.63, 3.8) is 0 Å². The number of hydrogen-bond donors (Lipinski definition) is 1. The van der Waals surface area contributed by atoms with E-state index in [1.165, 1.54) is 0 Å². The van der Waals surface area contributed by atoms with Crippen molar-refractivity contribution < 1.29 is 17.9 Å². The van der Waals surface area contributed by atoms with Crippen molar-refractivity contribution in [1.82, 2.24) is 5.32 Å². The number of alkyl halides is 3. The van der Waals surface area contributed by atoms with E-state index >= 15 is 0 Å². The number of ether oxygens (including phenoxy) is 1. The third kappa shape index (κ3) is 10.2. The van der Waals surface area contributed by atoms with E-state index in [2.05, 4.69) is 17.0 Å². The van der Waals surface area contributed by atoms with Crippen molar-refractivity contribution in [2.45, 2.75) is 51.7 Å². The van der Waals surface area contributed by atoms with Gasteiger partial charge in [-0.2, -0.15) is 13.2 Å². The summed E-state index contributed by atoms with van der Waals surface area (Å²) in [7, 11) is 0. The molecule has 0 amide bonds. The molecule has 0 heterocycles. The molecule has 0 aliphatic heterocycles. The lowest BCUT2D eigenvalue weighted by Gasteiger charge is -2.17. The number of unbranched alkanes of at least 4 members (excludes halogenated alkanes) is 1. The summed E-state index contributed by atoms with van der Waals surface area (Å²) in [6.07, 6.45) is -0.372. The summed E-state index contributed by atoms with van der Waals surface area (Å²) in [6, 6.07) is 0.276. The largest absolute Gasteiger partial charge is 0.411 e. The normalized spacial score (nSPS) is 14.1. The summed E-state index contributed by atoms with van der Waals surface area (Å²) in [5, 5.41) is 3.25. The number of nitrogens with one attached hydrogen (secondary N) is 1. The van der Waals surface area contributed by atoms with Crippen LogP contribution in [0.1, 0.15) is 39.5 Å². The minimum atomic E-state index is -4.21. The highest BCUT2D eigenvalue weighted by Crippen LogP contribution is 2.14. The molecule has 0 aromatic carbocycles. The molecule has 0 aliphatic rings. The molecule has 0 aromatic heterocycles. The third-order valence-electron chi connectivity index (χ3n) is 2.28. The van der Waals surface area contributed by atoms with Crippen molar-refractivity contribution in [2.24, 2.45) is 0 Å². The van der Waals surface area contributed by atoms with E-state index in [0.29, 0.717) is 6.42 Å². The van der Waals surface area contributed by atoms with Crippen molar-refractivity contribution in [3.8, 4) is 0 Å². The van der Waals surface area contributed by atoms with Gasteiger partial charge in [-0.15, -0.1) is 0 Å². The maximum Gasteiger partial charge on any atom is 0.411 e. The topological polar surface area (TPSA) is 21.3 Å². The lowest BCUT2D eigenvalue weighted by Crippen LogP contribution is -2.30. The number of hydrogen-bond acceptors (Lipinski definition) is 2. The molecule has 1 unspecified atom stereocenters. The number of rotatable bonds is 9. The molecule has 0 aliphatic carbocycles. The Bertz CT molecular complexity index is 162. The van der Waals surface area contributed by atoms with Gasteiger partial charge in [-0.3, -0.25) is 0 Å². The van der Waals surface area contributed by atoms with Crippen LogP contribution in [0.3, 0.4) is 0 Å². The van der Waals surface area contributed by atoms with Crippen molar-refractivity contribution in [1.29, 1.82) is 0 Å². The zero-order valence-electron chi connectivity index (χ0n) is 10.1. The van der Waals surface area contributed by atoms with Gasteiger partial charge in [0.2, 0.25) is 0 Å². The maximum absolute atomic E-state index is 11.8. The molecule has 0 saturated heterocycles. The smallest absolute Gasteiger partial charge is 0.372 e. The Morgan fingerprint density at radius 1 is 1.19 bits per heavy atom. The Morgan fingerprint density at radius 2 is 1.88 bits per heavy atom. The quantitative estimate of drug-likeness (QED) is 0.626. The SMILES string of the molecule is CCCCC(CCOCC(F)(F)F)NCC. The highest BCUT2D eigenvalue weighted by Gasteiger charge is 2.27. The minimum Gasteiger partial charge on any atom is -0.372 e. The molecule has 0 rings (SSSR count). The Hall–Kier alpha value is -0.290. The first-order valence-electron chi connectivity index (χ1n) is 5.87. The molecule has 0 radical (unpaired) electrons. The highest BCUT2D eigenvalue weighted by molar-refractivity contribution is 4.65. The average molecular weight is 241 g/mol. The molecule has 5 heteroatoms. The van der Waals surface area contributed by atoms with E-state index in [1.54, 1.807) is 0 Å². The zero-order chi connectivity index (χ0) is 12.4. The average Bonchev–Trinajstić information content (AvgIpc) is 2.19. The summed E-state index contributed by atoms with van der Waals surface area (Å²) in [5.74, 6) is 0. The summed E-state index contributed by atoms with van der Waals surface area (Å²) in [6.45, 7) is 3.97. The monoisotopic (exact) mass is 241 g/mol. The summed E-state index contributed by atoms with van der Waals surface area (Å²) in [5.41, 5.74) is 0. The third-order valence-corrected chi connectivity index (χ3v) is 2.28. The van der Waals surface area contributed by atoms with E-state index in [1.807, 2.05) is 6.92 Å². The van der Waals surface area contributed by atoms with Crippen LogP contribution >= 0.6 is 0 Å². The predicted molar refractivity (Wildman–Crippen MR) is 58.5 cm³/mol. The molecule has 0 saturated carbocycles. The van der Waals surface area contributed by atoms with E-state index in [9.17, 15) is 13.2 Å². The second-order valence-corrected chi connectivity index (χ2v) is 3.85. The predicted octanol–water partition coefficient (Wildman–Crippen LogP) is 3.12. The first-order valence-corrected chi connectivity index (χ1v) is 5.87. The Labute approximate surface area is 95.5 Å². The van der Waals surface area contributed by atoms with Crippen molar-refractivity contribution in [3.05, 3.63) is 0 Å². The Morgan fingerprint density at radius 3 is 2.38 bits per heavy atom. The van der Waals surface area contributed by atoms with E-state index < -0.39 is 12.8 Å². The van der Waals surface area contributed by atoms with E-state index in [0.717, 1.165) is 25.8 Å². The fraction of sp³-hybridized carbons (Fsp3) is 1.00. The first kappa shape index (κ1) is 15.7. The van der Waals surface area contributed by atoms with Crippen LogP contribution in [0.2, 0.25) is 0 Å². The van der Waals surface area contributed by atoms with Gasteiger partial charge in [0.05, 0.1) is 0 Å². The second kappa shape index (κ2) is 8.82. The van der Waals surface area contributed by atoms with Gasteiger partial charge in [0, 0.05) is 12.6 Å². The fourth-order valence-electron chi connectivity index (χ4n) is 1.50.